The van der Waals surface area contributed by atoms with Gasteiger partial charge in [0.15, 0.2) is 0 Å². The van der Waals surface area contributed by atoms with Crippen LogP contribution in [0.5, 0.6) is 0 Å². The molecule has 1 heterocycles. The molecule has 0 fully saturated rings. The van der Waals surface area contributed by atoms with Crippen molar-refractivity contribution in [3.8, 4) is 0 Å². The lowest BCUT2D eigenvalue weighted by Gasteiger charge is -2.49. The summed E-state index contributed by atoms with van der Waals surface area (Å²) in [6.45, 7) is 4.34. The first-order valence-corrected chi connectivity index (χ1v) is 10.9. The molecule has 3 heteroatoms. The zero-order chi connectivity index (χ0) is 21.3. The van der Waals surface area contributed by atoms with Crippen molar-refractivity contribution in [2.45, 2.75) is 18.9 Å². The van der Waals surface area contributed by atoms with Gasteiger partial charge < -0.3 is 9.80 Å². The molecular weight excluding hydrogens is 366 g/mol. The van der Waals surface area contributed by atoms with Crippen molar-refractivity contribution in [2.75, 3.05) is 51.1 Å². The van der Waals surface area contributed by atoms with Crippen LogP contribution in [0.15, 0.2) is 72.8 Å². The summed E-state index contributed by atoms with van der Waals surface area (Å²) in [5.41, 5.74) is 7.70. The Morgan fingerprint density at radius 2 is 1.23 bits per heavy atom. The summed E-state index contributed by atoms with van der Waals surface area (Å²) in [5.74, 6) is 0. The van der Waals surface area contributed by atoms with E-state index in [2.05, 4.69) is 123 Å². The third-order valence-electron chi connectivity index (χ3n) is 6.52. The minimum absolute atomic E-state index is 0.278. The number of hydrogen-bond donors (Lipinski definition) is 0. The molecule has 0 radical (unpaired) electrons. The fourth-order valence-electron chi connectivity index (χ4n) is 4.92. The molecule has 156 valence electrons. The molecular formula is C27H33N3. The summed E-state index contributed by atoms with van der Waals surface area (Å²) in [5, 5.41) is 0. The van der Waals surface area contributed by atoms with Crippen LogP contribution in [0.1, 0.15) is 29.2 Å². The molecule has 0 saturated carbocycles. The molecule has 0 bridgehead atoms. The highest BCUT2D eigenvalue weighted by Gasteiger charge is 2.44. The molecule has 3 nitrogen and oxygen atoms in total. The average molecular weight is 400 g/mol. The molecule has 1 aliphatic heterocycles. The van der Waals surface area contributed by atoms with E-state index in [1.165, 1.54) is 33.6 Å². The van der Waals surface area contributed by atoms with Crippen molar-refractivity contribution in [1.82, 2.24) is 4.90 Å². The normalized spacial score (nSPS) is 15.5. The van der Waals surface area contributed by atoms with Crippen molar-refractivity contribution >= 4 is 11.4 Å². The molecule has 0 aromatic heterocycles. The lowest BCUT2D eigenvalue weighted by Crippen LogP contribution is -2.52. The van der Waals surface area contributed by atoms with E-state index >= 15 is 0 Å². The van der Waals surface area contributed by atoms with Gasteiger partial charge in [-0.3, -0.25) is 4.90 Å². The SMILES string of the molecule is CCN1CCc2ccccc2C1(c1ccc(N(C)C)cc1)c1ccc(N(C)C)cc1. The fourth-order valence-corrected chi connectivity index (χ4v) is 4.92. The van der Waals surface area contributed by atoms with E-state index in [0.717, 1.165) is 19.5 Å². The van der Waals surface area contributed by atoms with Gasteiger partial charge in [-0.1, -0.05) is 55.5 Å². The van der Waals surface area contributed by atoms with Crippen LogP contribution in [-0.2, 0) is 12.0 Å². The van der Waals surface area contributed by atoms with Gasteiger partial charge in [0.05, 0.1) is 5.54 Å². The van der Waals surface area contributed by atoms with E-state index in [4.69, 9.17) is 0 Å². The molecule has 30 heavy (non-hydrogen) atoms. The lowest BCUT2D eigenvalue weighted by molar-refractivity contribution is 0.153. The molecule has 0 N–H and O–H groups in total. The predicted octanol–water partition coefficient (Wildman–Crippen LogP) is 4.99. The Labute approximate surface area is 181 Å². The summed E-state index contributed by atoms with van der Waals surface area (Å²) in [6.07, 6.45) is 1.09. The van der Waals surface area contributed by atoms with Gasteiger partial charge in [0, 0.05) is 46.1 Å². The van der Waals surface area contributed by atoms with Gasteiger partial charge in [-0.15, -0.1) is 0 Å². The van der Waals surface area contributed by atoms with Crippen molar-refractivity contribution in [3.63, 3.8) is 0 Å². The van der Waals surface area contributed by atoms with Crippen LogP contribution < -0.4 is 9.80 Å². The zero-order valence-electron chi connectivity index (χ0n) is 18.9. The second kappa shape index (κ2) is 8.16. The summed E-state index contributed by atoms with van der Waals surface area (Å²) in [6, 6.07) is 27.3. The molecule has 1 aliphatic rings. The Morgan fingerprint density at radius 3 is 1.70 bits per heavy atom. The number of anilines is 2. The Morgan fingerprint density at radius 1 is 0.733 bits per heavy atom. The van der Waals surface area contributed by atoms with Crippen LogP contribution in [0.4, 0.5) is 11.4 Å². The molecule has 0 unspecified atom stereocenters. The highest BCUT2D eigenvalue weighted by Crippen LogP contribution is 2.46. The van der Waals surface area contributed by atoms with Gasteiger partial charge >= 0.3 is 0 Å². The number of hydrogen-bond acceptors (Lipinski definition) is 3. The van der Waals surface area contributed by atoms with E-state index in [1.807, 2.05) is 0 Å². The highest BCUT2D eigenvalue weighted by atomic mass is 15.2. The van der Waals surface area contributed by atoms with Gasteiger partial charge in [-0.05, 0) is 59.5 Å². The maximum absolute atomic E-state index is 2.64. The van der Waals surface area contributed by atoms with E-state index in [1.54, 1.807) is 0 Å². The Hall–Kier alpha value is -2.78. The van der Waals surface area contributed by atoms with Gasteiger partial charge in [0.2, 0.25) is 0 Å². The molecule has 0 amide bonds. The third-order valence-corrected chi connectivity index (χ3v) is 6.52. The van der Waals surface area contributed by atoms with Crippen molar-refractivity contribution in [1.29, 1.82) is 0 Å². The number of likely N-dealkylation sites (N-methyl/N-ethyl adjacent to an activating group) is 1. The lowest BCUT2D eigenvalue weighted by atomic mass is 9.71. The average Bonchev–Trinajstić information content (AvgIpc) is 2.78. The van der Waals surface area contributed by atoms with E-state index < -0.39 is 0 Å². The van der Waals surface area contributed by atoms with Crippen LogP contribution in [0.3, 0.4) is 0 Å². The van der Waals surface area contributed by atoms with Crippen LogP contribution in [0, 0.1) is 0 Å². The molecule has 0 aliphatic carbocycles. The summed E-state index contributed by atoms with van der Waals surface area (Å²) < 4.78 is 0. The molecule has 4 rings (SSSR count). The van der Waals surface area contributed by atoms with Gasteiger partial charge in [-0.2, -0.15) is 0 Å². The molecule has 0 spiro atoms. The highest BCUT2D eigenvalue weighted by molar-refractivity contribution is 5.58. The van der Waals surface area contributed by atoms with E-state index in [-0.39, 0.29) is 5.54 Å². The summed E-state index contributed by atoms with van der Waals surface area (Å²) in [7, 11) is 8.38. The first-order valence-electron chi connectivity index (χ1n) is 10.9. The van der Waals surface area contributed by atoms with Gasteiger partial charge in [-0.25, -0.2) is 0 Å². The topological polar surface area (TPSA) is 9.72 Å². The molecule has 0 atom stereocenters. The smallest absolute Gasteiger partial charge is 0.0975 e. The Bertz CT molecular complexity index is 936. The Kier molecular flexibility index (Phi) is 5.57. The van der Waals surface area contributed by atoms with Crippen molar-refractivity contribution < 1.29 is 0 Å². The van der Waals surface area contributed by atoms with E-state index in [9.17, 15) is 0 Å². The third kappa shape index (κ3) is 3.27. The largest absolute Gasteiger partial charge is 0.378 e. The quantitative estimate of drug-likeness (QED) is 0.598. The minimum atomic E-state index is -0.278. The molecule has 3 aromatic carbocycles. The van der Waals surface area contributed by atoms with Crippen molar-refractivity contribution in [2.24, 2.45) is 0 Å². The monoisotopic (exact) mass is 399 g/mol. The van der Waals surface area contributed by atoms with Crippen LogP contribution in [0.25, 0.3) is 0 Å². The maximum Gasteiger partial charge on any atom is 0.0975 e. The summed E-state index contributed by atoms with van der Waals surface area (Å²) >= 11 is 0. The van der Waals surface area contributed by atoms with E-state index in [0.29, 0.717) is 0 Å². The zero-order valence-corrected chi connectivity index (χ0v) is 18.9. The maximum atomic E-state index is 2.64. The number of fused-ring (bicyclic) bond motifs is 1. The molecule has 3 aromatic rings. The van der Waals surface area contributed by atoms with Gasteiger partial charge in [0.25, 0.3) is 0 Å². The van der Waals surface area contributed by atoms with Crippen LogP contribution in [0.2, 0.25) is 0 Å². The standard InChI is InChI=1S/C27H33N3/c1-6-30-20-19-21-9-7-8-10-26(21)27(30,22-11-15-24(16-12-22)28(2)3)23-13-17-25(18-14-23)29(4)5/h7-18H,6,19-20H2,1-5H3. The fraction of sp³-hybridized carbons (Fsp3) is 0.333. The summed E-state index contributed by atoms with van der Waals surface area (Å²) in [4.78, 5) is 6.97. The molecule has 0 saturated heterocycles. The first kappa shape index (κ1) is 20.5. The number of benzene rings is 3. The Balaban J connectivity index is 1.99. The second-order valence-electron chi connectivity index (χ2n) is 8.58. The first-order chi connectivity index (χ1) is 14.5. The predicted molar refractivity (Wildman–Crippen MR) is 129 cm³/mol. The van der Waals surface area contributed by atoms with Gasteiger partial charge in [0.1, 0.15) is 0 Å². The second-order valence-corrected chi connectivity index (χ2v) is 8.58. The minimum Gasteiger partial charge on any atom is -0.378 e. The van der Waals surface area contributed by atoms with Crippen molar-refractivity contribution in [3.05, 3.63) is 95.1 Å². The number of rotatable bonds is 5. The van der Waals surface area contributed by atoms with Crippen LogP contribution in [-0.4, -0.2) is 46.2 Å². The van der Waals surface area contributed by atoms with Crippen LogP contribution >= 0.6 is 0 Å². The number of nitrogens with zero attached hydrogens (tertiary/aromatic N) is 3.